The summed E-state index contributed by atoms with van der Waals surface area (Å²) in [6.07, 6.45) is 0. The van der Waals surface area contributed by atoms with E-state index in [1.54, 1.807) is 19.2 Å². The Labute approximate surface area is 126 Å². The van der Waals surface area contributed by atoms with Crippen LogP contribution >= 0.6 is 0 Å². The molecule has 0 aliphatic carbocycles. The van der Waals surface area contributed by atoms with Gasteiger partial charge in [-0.2, -0.15) is 5.10 Å². The van der Waals surface area contributed by atoms with Gasteiger partial charge in [0.25, 0.3) is 0 Å². The van der Waals surface area contributed by atoms with E-state index < -0.39 is 5.97 Å². The third-order valence-corrected chi connectivity index (χ3v) is 3.22. The van der Waals surface area contributed by atoms with Gasteiger partial charge in [0.1, 0.15) is 5.75 Å². The van der Waals surface area contributed by atoms with Crippen LogP contribution in [-0.4, -0.2) is 33.4 Å². The first-order chi connectivity index (χ1) is 10.7. The van der Waals surface area contributed by atoms with Crippen LogP contribution in [-0.2, 0) is 0 Å². The molecule has 1 heterocycles. The maximum atomic E-state index is 11.0. The van der Waals surface area contributed by atoms with Crippen LogP contribution in [0.3, 0.4) is 0 Å². The van der Waals surface area contributed by atoms with Crippen molar-refractivity contribution in [1.82, 2.24) is 15.2 Å². The van der Waals surface area contributed by atoms with Crippen molar-refractivity contribution < 1.29 is 14.6 Å². The number of aromatic amines is 1. The van der Waals surface area contributed by atoms with E-state index in [2.05, 4.69) is 15.2 Å². The highest BCUT2D eigenvalue weighted by molar-refractivity contribution is 5.89. The first-order valence-corrected chi connectivity index (χ1v) is 6.58. The molecule has 3 aromatic rings. The zero-order chi connectivity index (χ0) is 15.5. The Morgan fingerprint density at radius 3 is 2.77 bits per heavy atom. The van der Waals surface area contributed by atoms with Crippen molar-refractivity contribution in [3.63, 3.8) is 0 Å². The molecule has 0 saturated heterocycles. The van der Waals surface area contributed by atoms with Gasteiger partial charge in [-0.05, 0) is 24.3 Å². The summed E-state index contributed by atoms with van der Waals surface area (Å²) in [5.41, 5.74) is 1.62. The highest BCUT2D eigenvalue weighted by Crippen LogP contribution is 2.28. The SMILES string of the molecule is COc1ccccc1-c1nc(-c2cccc(C(=O)O)c2)n[nH]1. The van der Waals surface area contributed by atoms with Gasteiger partial charge in [-0.25, -0.2) is 9.78 Å². The summed E-state index contributed by atoms with van der Waals surface area (Å²) in [5, 5.41) is 16.1. The molecule has 0 amide bonds. The Bertz CT molecular complexity index is 827. The highest BCUT2D eigenvalue weighted by Gasteiger charge is 2.12. The number of methoxy groups -OCH3 is 1. The van der Waals surface area contributed by atoms with Crippen molar-refractivity contribution in [3.8, 4) is 28.5 Å². The molecule has 1 aromatic heterocycles. The zero-order valence-electron chi connectivity index (χ0n) is 11.8. The van der Waals surface area contributed by atoms with Gasteiger partial charge in [-0.15, -0.1) is 0 Å². The smallest absolute Gasteiger partial charge is 0.335 e. The first kappa shape index (κ1) is 13.8. The van der Waals surface area contributed by atoms with Gasteiger partial charge in [-0.1, -0.05) is 24.3 Å². The Morgan fingerprint density at radius 2 is 2.00 bits per heavy atom. The summed E-state index contributed by atoms with van der Waals surface area (Å²) in [7, 11) is 1.59. The lowest BCUT2D eigenvalue weighted by Gasteiger charge is -2.04. The molecule has 0 aliphatic heterocycles. The zero-order valence-corrected chi connectivity index (χ0v) is 11.8. The van der Waals surface area contributed by atoms with Crippen LogP contribution in [0.1, 0.15) is 10.4 Å². The van der Waals surface area contributed by atoms with Crippen LogP contribution in [0.2, 0.25) is 0 Å². The van der Waals surface area contributed by atoms with Crippen LogP contribution in [0.5, 0.6) is 5.75 Å². The monoisotopic (exact) mass is 295 g/mol. The second-order valence-electron chi connectivity index (χ2n) is 4.59. The minimum absolute atomic E-state index is 0.196. The average molecular weight is 295 g/mol. The molecule has 0 spiro atoms. The molecule has 110 valence electrons. The number of rotatable bonds is 4. The van der Waals surface area contributed by atoms with Crippen LogP contribution in [0.4, 0.5) is 0 Å². The molecule has 6 nitrogen and oxygen atoms in total. The van der Waals surface area contributed by atoms with Crippen molar-refractivity contribution in [3.05, 3.63) is 54.1 Å². The second kappa shape index (κ2) is 5.69. The summed E-state index contributed by atoms with van der Waals surface area (Å²) in [6, 6.07) is 14.0. The van der Waals surface area contributed by atoms with Gasteiger partial charge in [0.05, 0.1) is 18.2 Å². The molecule has 0 unspecified atom stereocenters. The number of H-pyrrole nitrogens is 1. The number of hydrogen-bond donors (Lipinski definition) is 2. The van der Waals surface area contributed by atoms with E-state index in [4.69, 9.17) is 9.84 Å². The van der Waals surface area contributed by atoms with E-state index in [0.29, 0.717) is 23.0 Å². The van der Waals surface area contributed by atoms with Crippen LogP contribution in [0.15, 0.2) is 48.5 Å². The summed E-state index contributed by atoms with van der Waals surface area (Å²) >= 11 is 0. The predicted octanol–water partition coefficient (Wildman–Crippen LogP) is 2.85. The quantitative estimate of drug-likeness (QED) is 0.772. The van der Waals surface area contributed by atoms with Crippen molar-refractivity contribution >= 4 is 5.97 Å². The molecule has 0 atom stereocenters. The fourth-order valence-electron chi connectivity index (χ4n) is 2.14. The van der Waals surface area contributed by atoms with E-state index in [-0.39, 0.29) is 5.56 Å². The Kier molecular flexibility index (Phi) is 3.57. The number of nitrogens with zero attached hydrogens (tertiary/aromatic N) is 2. The fourth-order valence-corrected chi connectivity index (χ4v) is 2.14. The molecule has 6 heteroatoms. The van der Waals surface area contributed by atoms with Gasteiger partial charge in [0, 0.05) is 5.56 Å². The molecule has 0 aliphatic rings. The molecular weight excluding hydrogens is 282 g/mol. The number of benzene rings is 2. The molecule has 22 heavy (non-hydrogen) atoms. The summed E-state index contributed by atoms with van der Waals surface area (Å²) < 4.78 is 5.30. The van der Waals surface area contributed by atoms with Gasteiger partial charge in [-0.3, -0.25) is 5.10 Å². The predicted molar refractivity (Wildman–Crippen MR) is 80.8 cm³/mol. The normalized spacial score (nSPS) is 10.4. The Morgan fingerprint density at radius 1 is 1.18 bits per heavy atom. The number of aromatic carboxylic acids is 1. The standard InChI is InChI=1S/C16H13N3O3/c1-22-13-8-3-2-7-12(13)15-17-14(18-19-15)10-5-4-6-11(9-10)16(20)21/h2-9H,1H3,(H,20,21)(H,17,18,19). The minimum atomic E-state index is -0.984. The van der Waals surface area contributed by atoms with Crippen LogP contribution in [0, 0.1) is 0 Å². The number of carbonyl (C=O) groups is 1. The number of carboxylic acid groups (broad SMARTS) is 1. The number of ether oxygens (including phenoxy) is 1. The van der Waals surface area contributed by atoms with Gasteiger partial charge in [0.2, 0.25) is 0 Å². The molecule has 0 fully saturated rings. The number of nitrogens with one attached hydrogen (secondary N) is 1. The van der Waals surface area contributed by atoms with Crippen molar-refractivity contribution in [2.75, 3.05) is 7.11 Å². The first-order valence-electron chi connectivity index (χ1n) is 6.58. The molecular formula is C16H13N3O3. The number of carboxylic acids is 1. The lowest BCUT2D eigenvalue weighted by Crippen LogP contribution is -1.96. The van der Waals surface area contributed by atoms with Crippen molar-refractivity contribution in [2.45, 2.75) is 0 Å². The molecule has 0 radical (unpaired) electrons. The summed E-state index contributed by atoms with van der Waals surface area (Å²) in [4.78, 5) is 15.4. The third-order valence-electron chi connectivity index (χ3n) is 3.22. The number of aromatic nitrogens is 3. The van der Waals surface area contributed by atoms with Crippen LogP contribution < -0.4 is 4.74 Å². The number of hydrogen-bond acceptors (Lipinski definition) is 4. The van der Waals surface area contributed by atoms with Gasteiger partial charge >= 0.3 is 5.97 Å². The average Bonchev–Trinajstić information content (AvgIpc) is 3.04. The Hall–Kier alpha value is -3.15. The number of para-hydroxylation sites is 1. The summed E-state index contributed by atoms with van der Waals surface area (Å²) in [5.74, 6) is 0.698. The van der Waals surface area contributed by atoms with E-state index in [0.717, 1.165) is 5.56 Å². The van der Waals surface area contributed by atoms with E-state index in [1.165, 1.54) is 12.1 Å². The van der Waals surface area contributed by atoms with Gasteiger partial charge < -0.3 is 9.84 Å². The second-order valence-corrected chi connectivity index (χ2v) is 4.59. The van der Waals surface area contributed by atoms with E-state index in [1.807, 2.05) is 24.3 Å². The van der Waals surface area contributed by atoms with Crippen molar-refractivity contribution in [1.29, 1.82) is 0 Å². The topological polar surface area (TPSA) is 88.1 Å². The van der Waals surface area contributed by atoms with E-state index >= 15 is 0 Å². The Balaban J connectivity index is 2.01. The molecule has 3 rings (SSSR count). The van der Waals surface area contributed by atoms with Crippen molar-refractivity contribution in [2.24, 2.45) is 0 Å². The lowest BCUT2D eigenvalue weighted by atomic mass is 10.1. The largest absolute Gasteiger partial charge is 0.496 e. The lowest BCUT2D eigenvalue weighted by molar-refractivity contribution is 0.0697. The van der Waals surface area contributed by atoms with E-state index in [9.17, 15) is 4.79 Å². The molecule has 0 bridgehead atoms. The highest BCUT2D eigenvalue weighted by atomic mass is 16.5. The summed E-state index contributed by atoms with van der Waals surface area (Å²) in [6.45, 7) is 0. The molecule has 0 saturated carbocycles. The maximum Gasteiger partial charge on any atom is 0.335 e. The molecule has 2 N–H and O–H groups in total. The third kappa shape index (κ3) is 2.54. The fraction of sp³-hybridized carbons (Fsp3) is 0.0625. The van der Waals surface area contributed by atoms with Gasteiger partial charge in [0.15, 0.2) is 11.6 Å². The molecule has 2 aromatic carbocycles. The maximum absolute atomic E-state index is 11.0. The van der Waals surface area contributed by atoms with Crippen LogP contribution in [0.25, 0.3) is 22.8 Å². The minimum Gasteiger partial charge on any atom is -0.496 e.